The minimum atomic E-state index is -0.926. The second-order valence-electron chi connectivity index (χ2n) is 6.90. The molecule has 5 nitrogen and oxygen atoms in total. The maximum Gasteiger partial charge on any atom is 0.311 e. The molecule has 0 bridgehead atoms. The molecule has 0 amide bonds. The maximum atomic E-state index is 12.6. The van der Waals surface area contributed by atoms with Crippen molar-refractivity contribution in [1.29, 1.82) is 0 Å². The summed E-state index contributed by atoms with van der Waals surface area (Å²) in [4.78, 5) is 26.1. The number of piperidine rings is 1. The van der Waals surface area contributed by atoms with E-state index < -0.39 is 17.9 Å². The average molecular weight is 367 g/mol. The lowest BCUT2D eigenvalue weighted by molar-refractivity contribution is -0.138. The van der Waals surface area contributed by atoms with E-state index in [2.05, 4.69) is 4.90 Å². The van der Waals surface area contributed by atoms with Gasteiger partial charge in [-0.15, -0.1) is 0 Å². The molecule has 0 aromatic heterocycles. The van der Waals surface area contributed by atoms with Gasteiger partial charge >= 0.3 is 11.9 Å². The maximum absolute atomic E-state index is 12.6. The van der Waals surface area contributed by atoms with E-state index >= 15 is 0 Å². The van der Waals surface area contributed by atoms with Gasteiger partial charge in [-0.3, -0.25) is 9.59 Å². The van der Waals surface area contributed by atoms with E-state index in [-0.39, 0.29) is 12.8 Å². The van der Waals surface area contributed by atoms with Crippen molar-refractivity contribution in [3.05, 3.63) is 60.2 Å². The average Bonchev–Trinajstić information content (AvgIpc) is 2.69. The van der Waals surface area contributed by atoms with Gasteiger partial charge in [-0.05, 0) is 37.0 Å². The van der Waals surface area contributed by atoms with Gasteiger partial charge in [0, 0.05) is 19.0 Å². The highest BCUT2D eigenvalue weighted by atomic mass is 16.5. The lowest BCUT2D eigenvalue weighted by Crippen LogP contribution is -2.30. The highest BCUT2D eigenvalue weighted by Crippen LogP contribution is 2.31. The summed E-state index contributed by atoms with van der Waals surface area (Å²) in [6.07, 6.45) is 3.43. The zero-order valence-electron chi connectivity index (χ0n) is 15.3. The molecule has 1 fully saturated rings. The Morgan fingerprint density at radius 2 is 1.59 bits per heavy atom. The Balaban J connectivity index is 1.71. The number of rotatable bonds is 7. The summed E-state index contributed by atoms with van der Waals surface area (Å²) < 4.78 is 5.66. The van der Waals surface area contributed by atoms with Crippen molar-refractivity contribution in [2.24, 2.45) is 0 Å². The van der Waals surface area contributed by atoms with Gasteiger partial charge in [0.05, 0.1) is 18.5 Å². The van der Waals surface area contributed by atoms with Gasteiger partial charge in [0.2, 0.25) is 0 Å². The first kappa shape index (κ1) is 19.0. The Morgan fingerprint density at radius 3 is 2.30 bits per heavy atom. The van der Waals surface area contributed by atoms with E-state index in [1.807, 2.05) is 48.5 Å². The van der Waals surface area contributed by atoms with Crippen molar-refractivity contribution >= 4 is 17.6 Å². The number of esters is 1. The van der Waals surface area contributed by atoms with Crippen LogP contribution in [0.3, 0.4) is 0 Å². The van der Waals surface area contributed by atoms with Crippen LogP contribution in [0.4, 0.5) is 5.69 Å². The first-order valence-corrected chi connectivity index (χ1v) is 9.45. The first-order valence-electron chi connectivity index (χ1n) is 9.45. The number of hydrogen-bond donors (Lipinski definition) is 1. The van der Waals surface area contributed by atoms with Gasteiger partial charge in [0.15, 0.2) is 5.75 Å². The minimum Gasteiger partial charge on any atom is -0.481 e. The van der Waals surface area contributed by atoms with Crippen LogP contribution in [0, 0.1) is 0 Å². The van der Waals surface area contributed by atoms with Crippen molar-refractivity contribution in [3.63, 3.8) is 0 Å². The van der Waals surface area contributed by atoms with Crippen LogP contribution in [-0.4, -0.2) is 30.1 Å². The molecule has 0 aliphatic carbocycles. The largest absolute Gasteiger partial charge is 0.481 e. The quantitative estimate of drug-likeness (QED) is 0.586. The Morgan fingerprint density at radius 1 is 0.926 bits per heavy atom. The molecular weight excluding hydrogens is 342 g/mol. The van der Waals surface area contributed by atoms with E-state index in [0.29, 0.717) is 5.75 Å². The molecule has 1 saturated heterocycles. The number of carboxylic acid groups (broad SMARTS) is 1. The van der Waals surface area contributed by atoms with Crippen LogP contribution in [0.2, 0.25) is 0 Å². The normalized spacial score (nSPS) is 15.2. The number of carbonyl (C=O) groups is 2. The van der Waals surface area contributed by atoms with Crippen LogP contribution in [-0.2, 0) is 9.59 Å². The zero-order chi connectivity index (χ0) is 19.1. The Bertz CT molecular complexity index is 769. The number of hydrogen-bond acceptors (Lipinski definition) is 4. The number of anilines is 1. The van der Waals surface area contributed by atoms with E-state index in [4.69, 9.17) is 4.74 Å². The molecule has 1 heterocycles. The van der Waals surface area contributed by atoms with Crippen LogP contribution in [0.15, 0.2) is 54.6 Å². The van der Waals surface area contributed by atoms with Crippen molar-refractivity contribution in [3.8, 4) is 5.75 Å². The van der Waals surface area contributed by atoms with Crippen molar-refractivity contribution in [1.82, 2.24) is 0 Å². The van der Waals surface area contributed by atoms with Gasteiger partial charge in [-0.25, -0.2) is 0 Å². The van der Waals surface area contributed by atoms with Gasteiger partial charge in [0.25, 0.3) is 0 Å². The number of ether oxygens (including phenoxy) is 1. The SMILES string of the molecule is O=C(O)CC(CC(=O)Oc1ccccc1N1CCCCC1)c1ccccc1. The number of para-hydroxylation sites is 2. The van der Waals surface area contributed by atoms with Crippen LogP contribution < -0.4 is 9.64 Å². The number of benzene rings is 2. The predicted octanol–water partition coefficient (Wildman–Crippen LogP) is 4.23. The number of nitrogens with zero attached hydrogens (tertiary/aromatic N) is 1. The Kier molecular flexibility index (Phi) is 6.47. The first-order chi connectivity index (χ1) is 13.1. The van der Waals surface area contributed by atoms with E-state index in [1.165, 1.54) is 6.42 Å². The molecule has 1 unspecified atom stereocenters. The molecular formula is C22H25NO4. The third-order valence-corrected chi connectivity index (χ3v) is 4.89. The zero-order valence-corrected chi connectivity index (χ0v) is 15.3. The summed E-state index contributed by atoms with van der Waals surface area (Å²) in [6, 6.07) is 16.8. The Labute approximate surface area is 159 Å². The summed E-state index contributed by atoms with van der Waals surface area (Å²) in [5, 5.41) is 9.20. The number of carboxylic acids is 1. The van der Waals surface area contributed by atoms with Gasteiger partial charge < -0.3 is 14.7 Å². The molecule has 1 atom stereocenters. The van der Waals surface area contributed by atoms with Crippen LogP contribution in [0.25, 0.3) is 0 Å². The van der Waals surface area contributed by atoms with Gasteiger partial charge in [0.1, 0.15) is 0 Å². The molecule has 0 radical (unpaired) electrons. The van der Waals surface area contributed by atoms with E-state index in [1.54, 1.807) is 6.07 Å². The van der Waals surface area contributed by atoms with Crippen LogP contribution >= 0.6 is 0 Å². The molecule has 0 spiro atoms. The molecule has 2 aromatic carbocycles. The van der Waals surface area contributed by atoms with Gasteiger partial charge in [-0.1, -0.05) is 42.5 Å². The lowest BCUT2D eigenvalue weighted by atomic mass is 9.92. The molecule has 142 valence electrons. The van der Waals surface area contributed by atoms with Gasteiger partial charge in [-0.2, -0.15) is 0 Å². The highest BCUT2D eigenvalue weighted by molar-refractivity contribution is 5.77. The summed E-state index contributed by atoms with van der Waals surface area (Å²) in [5.41, 5.74) is 1.77. The highest BCUT2D eigenvalue weighted by Gasteiger charge is 2.22. The summed E-state index contributed by atoms with van der Waals surface area (Å²) in [7, 11) is 0. The summed E-state index contributed by atoms with van der Waals surface area (Å²) in [6.45, 7) is 1.92. The molecule has 3 rings (SSSR count). The number of carbonyl (C=O) groups excluding carboxylic acids is 1. The summed E-state index contributed by atoms with van der Waals surface area (Å²) in [5.74, 6) is -1.19. The molecule has 27 heavy (non-hydrogen) atoms. The molecule has 2 aromatic rings. The fourth-order valence-corrected chi connectivity index (χ4v) is 3.55. The second-order valence-corrected chi connectivity index (χ2v) is 6.90. The predicted molar refractivity (Wildman–Crippen MR) is 104 cm³/mol. The Hall–Kier alpha value is -2.82. The van der Waals surface area contributed by atoms with E-state index in [0.717, 1.165) is 37.2 Å². The molecule has 1 N–H and O–H groups in total. The monoisotopic (exact) mass is 367 g/mol. The second kappa shape index (κ2) is 9.21. The fourth-order valence-electron chi connectivity index (χ4n) is 3.55. The molecule has 5 heteroatoms. The standard InChI is InChI=1S/C22H25NO4/c24-21(25)15-18(17-9-3-1-4-10-17)16-22(26)27-20-12-6-5-11-19(20)23-13-7-2-8-14-23/h1,3-6,9-12,18H,2,7-8,13-16H2,(H,24,25). The van der Waals surface area contributed by atoms with Crippen molar-refractivity contribution < 1.29 is 19.4 Å². The fraction of sp³-hybridized carbons (Fsp3) is 0.364. The summed E-state index contributed by atoms with van der Waals surface area (Å²) >= 11 is 0. The third-order valence-electron chi connectivity index (χ3n) is 4.89. The van der Waals surface area contributed by atoms with Crippen molar-refractivity contribution in [2.45, 2.75) is 38.0 Å². The molecule has 1 aliphatic rings. The third kappa shape index (κ3) is 5.33. The van der Waals surface area contributed by atoms with Crippen molar-refractivity contribution in [2.75, 3.05) is 18.0 Å². The smallest absolute Gasteiger partial charge is 0.311 e. The molecule has 1 aliphatic heterocycles. The number of aliphatic carboxylic acids is 1. The topological polar surface area (TPSA) is 66.8 Å². The van der Waals surface area contributed by atoms with Crippen LogP contribution in [0.1, 0.15) is 43.6 Å². The van der Waals surface area contributed by atoms with E-state index in [9.17, 15) is 14.7 Å². The lowest BCUT2D eigenvalue weighted by Gasteiger charge is -2.30. The van der Waals surface area contributed by atoms with Crippen LogP contribution in [0.5, 0.6) is 5.75 Å². The minimum absolute atomic E-state index is 0.0324. The molecule has 0 saturated carbocycles.